The topological polar surface area (TPSA) is 41.6 Å². The smallest absolute Gasteiger partial charge is 0.407 e. The predicted molar refractivity (Wildman–Crippen MR) is 88.6 cm³/mol. The molecule has 1 aromatic carbocycles. The van der Waals surface area contributed by atoms with E-state index in [4.69, 9.17) is 4.74 Å². The van der Waals surface area contributed by atoms with Crippen molar-refractivity contribution in [2.75, 3.05) is 19.6 Å². The van der Waals surface area contributed by atoms with Gasteiger partial charge >= 0.3 is 6.09 Å². The molecule has 1 fully saturated rings. The summed E-state index contributed by atoms with van der Waals surface area (Å²) in [6.45, 7) is 9.01. The van der Waals surface area contributed by atoms with Crippen LogP contribution in [-0.4, -0.2) is 36.2 Å². The highest BCUT2D eigenvalue weighted by Gasteiger charge is 2.22. The minimum absolute atomic E-state index is 0.202. The summed E-state index contributed by atoms with van der Waals surface area (Å²) in [5.41, 5.74) is 0.651. The number of likely N-dealkylation sites (tertiary alicyclic amines) is 1. The van der Waals surface area contributed by atoms with Gasteiger partial charge in [0.05, 0.1) is 0 Å². The Balaban J connectivity index is 1.77. The maximum atomic E-state index is 13.0. The quantitative estimate of drug-likeness (QED) is 0.921. The van der Waals surface area contributed by atoms with Crippen molar-refractivity contribution in [3.63, 3.8) is 0 Å². The van der Waals surface area contributed by atoms with E-state index in [1.807, 2.05) is 32.9 Å². The second-order valence-electron chi connectivity index (χ2n) is 7.25. The summed E-state index contributed by atoms with van der Waals surface area (Å²) in [6.07, 6.45) is 1.87. The van der Waals surface area contributed by atoms with Crippen LogP contribution in [0.5, 0.6) is 0 Å². The number of ether oxygens (including phenoxy) is 1. The van der Waals surface area contributed by atoms with E-state index in [0.717, 1.165) is 38.0 Å². The summed E-state index contributed by atoms with van der Waals surface area (Å²) < 4.78 is 18.2. The van der Waals surface area contributed by atoms with Gasteiger partial charge in [0.1, 0.15) is 11.4 Å². The lowest BCUT2D eigenvalue weighted by molar-refractivity contribution is 0.0506. The number of rotatable bonds is 4. The zero-order valence-corrected chi connectivity index (χ0v) is 14.3. The molecule has 1 aromatic rings. The number of benzene rings is 1. The number of carbonyl (C=O) groups excluding carboxylic acids is 1. The molecule has 1 N–H and O–H groups in total. The van der Waals surface area contributed by atoms with Gasteiger partial charge in [-0.25, -0.2) is 9.18 Å². The lowest BCUT2D eigenvalue weighted by Crippen LogP contribution is -2.41. The Bertz CT molecular complexity index is 511. The van der Waals surface area contributed by atoms with Crippen molar-refractivity contribution in [1.82, 2.24) is 10.2 Å². The number of hydrogen-bond donors (Lipinski definition) is 1. The van der Waals surface area contributed by atoms with Gasteiger partial charge in [-0.05, 0) is 63.8 Å². The van der Waals surface area contributed by atoms with Crippen molar-refractivity contribution in [3.8, 4) is 0 Å². The second-order valence-corrected chi connectivity index (χ2v) is 7.25. The molecule has 1 atom stereocenters. The van der Waals surface area contributed by atoms with Gasteiger partial charge in [0.15, 0.2) is 0 Å². The molecule has 0 aromatic heterocycles. The first-order chi connectivity index (χ1) is 10.8. The number of amides is 1. The molecule has 2 rings (SSSR count). The lowest BCUT2D eigenvalue weighted by Gasteiger charge is -2.33. The van der Waals surface area contributed by atoms with Crippen molar-refractivity contribution in [2.45, 2.75) is 45.8 Å². The Labute approximate surface area is 138 Å². The molecule has 0 saturated carbocycles. The number of alkyl carbamates (subject to hydrolysis) is 1. The Morgan fingerprint density at radius 1 is 1.35 bits per heavy atom. The van der Waals surface area contributed by atoms with Gasteiger partial charge in [0.25, 0.3) is 0 Å². The first-order valence-electron chi connectivity index (χ1n) is 8.25. The zero-order valence-electron chi connectivity index (χ0n) is 14.3. The van der Waals surface area contributed by atoms with Gasteiger partial charge in [-0.3, -0.25) is 4.90 Å². The fourth-order valence-corrected chi connectivity index (χ4v) is 2.85. The summed E-state index contributed by atoms with van der Waals surface area (Å²) in [6, 6.07) is 6.66. The molecular formula is C18H27FN2O2. The second kappa shape index (κ2) is 7.77. The van der Waals surface area contributed by atoms with E-state index in [1.165, 1.54) is 12.1 Å². The average molecular weight is 322 g/mol. The molecule has 4 nitrogen and oxygen atoms in total. The van der Waals surface area contributed by atoms with Gasteiger partial charge in [-0.1, -0.05) is 12.1 Å². The Hall–Kier alpha value is -1.62. The first-order valence-corrected chi connectivity index (χ1v) is 8.25. The number of carbonyl (C=O) groups is 1. The van der Waals surface area contributed by atoms with E-state index in [0.29, 0.717) is 12.5 Å². The van der Waals surface area contributed by atoms with Crippen LogP contribution in [0.1, 0.15) is 39.2 Å². The normalized spacial score (nSPS) is 19.4. The molecule has 0 spiro atoms. The Morgan fingerprint density at radius 2 is 2.04 bits per heavy atom. The van der Waals surface area contributed by atoms with Gasteiger partial charge in [0, 0.05) is 19.6 Å². The van der Waals surface area contributed by atoms with Crippen LogP contribution in [-0.2, 0) is 11.3 Å². The molecule has 128 valence electrons. The van der Waals surface area contributed by atoms with Crippen LogP contribution >= 0.6 is 0 Å². The fourth-order valence-electron chi connectivity index (χ4n) is 2.85. The Morgan fingerprint density at radius 3 is 2.70 bits per heavy atom. The van der Waals surface area contributed by atoms with E-state index in [9.17, 15) is 9.18 Å². The van der Waals surface area contributed by atoms with Crippen molar-refractivity contribution >= 4 is 6.09 Å². The number of halogens is 1. The molecule has 1 aliphatic heterocycles. The monoisotopic (exact) mass is 322 g/mol. The van der Waals surface area contributed by atoms with Gasteiger partial charge in [-0.15, -0.1) is 0 Å². The van der Waals surface area contributed by atoms with Crippen molar-refractivity contribution < 1.29 is 13.9 Å². The van der Waals surface area contributed by atoms with E-state index in [2.05, 4.69) is 10.2 Å². The summed E-state index contributed by atoms with van der Waals surface area (Å²) in [5.74, 6) is 0.226. The largest absolute Gasteiger partial charge is 0.444 e. The van der Waals surface area contributed by atoms with Crippen molar-refractivity contribution in [2.24, 2.45) is 5.92 Å². The molecule has 1 unspecified atom stereocenters. The van der Waals surface area contributed by atoms with E-state index < -0.39 is 5.60 Å². The Kier molecular flexibility index (Phi) is 5.99. The van der Waals surface area contributed by atoms with Crippen LogP contribution < -0.4 is 5.32 Å². The molecule has 1 aliphatic rings. The molecule has 1 saturated heterocycles. The molecule has 1 amide bonds. The van der Waals surface area contributed by atoms with Gasteiger partial charge in [-0.2, -0.15) is 0 Å². The third-order valence-electron chi connectivity index (χ3n) is 3.86. The number of hydrogen-bond acceptors (Lipinski definition) is 3. The third-order valence-corrected chi connectivity index (χ3v) is 3.86. The van der Waals surface area contributed by atoms with Crippen LogP contribution in [0.15, 0.2) is 24.3 Å². The standard InChI is InChI=1S/C18H27FN2O2/c1-18(2,3)23-17(22)20-11-15-5-4-10-21(13-15)12-14-6-8-16(19)9-7-14/h6-9,15H,4-5,10-13H2,1-3H3,(H,20,22). The maximum Gasteiger partial charge on any atom is 0.407 e. The highest BCUT2D eigenvalue weighted by molar-refractivity contribution is 5.67. The van der Waals surface area contributed by atoms with Crippen LogP contribution in [0.25, 0.3) is 0 Å². The fraction of sp³-hybridized carbons (Fsp3) is 0.611. The van der Waals surface area contributed by atoms with Crippen molar-refractivity contribution in [1.29, 1.82) is 0 Å². The predicted octanol–water partition coefficient (Wildman–Crippen LogP) is 3.56. The summed E-state index contributed by atoms with van der Waals surface area (Å²) in [5, 5.41) is 2.86. The highest BCUT2D eigenvalue weighted by atomic mass is 19.1. The number of nitrogens with zero attached hydrogens (tertiary/aromatic N) is 1. The summed E-state index contributed by atoms with van der Waals surface area (Å²) in [7, 11) is 0. The van der Waals surface area contributed by atoms with Crippen molar-refractivity contribution in [3.05, 3.63) is 35.6 Å². The number of nitrogens with one attached hydrogen (secondary N) is 1. The molecule has 0 aliphatic carbocycles. The molecular weight excluding hydrogens is 295 g/mol. The first kappa shape index (κ1) is 17.7. The van der Waals surface area contributed by atoms with Crippen LogP contribution in [0.4, 0.5) is 9.18 Å². The summed E-state index contributed by atoms with van der Waals surface area (Å²) >= 11 is 0. The van der Waals surface area contributed by atoms with E-state index >= 15 is 0 Å². The molecule has 0 bridgehead atoms. The zero-order chi connectivity index (χ0) is 16.9. The van der Waals surface area contributed by atoms with Gasteiger partial charge < -0.3 is 10.1 Å². The van der Waals surface area contributed by atoms with Crippen LogP contribution in [0.2, 0.25) is 0 Å². The minimum Gasteiger partial charge on any atom is -0.444 e. The lowest BCUT2D eigenvalue weighted by atomic mass is 9.97. The highest BCUT2D eigenvalue weighted by Crippen LogP contribution is 2.18. The van der Waals surface area contributed by atoms with E-state index in [1.54, 1.807) is 0 Å². The molecule has 1 heterocycles. The number of piperidine rings is 1. The van der Waals surface area contributed by atoms with Gasteiger partial charge in [0.2, 0.25) is 0 Å². The van der Waals surface area contributed by atoms with Crippen LogP contribution in [0, 0.1) is 11.7 Å². The summed E-state index contributed by atoms with van der Waals surface area (Å²) in [4.78, 5) is 14.1. The van der Waals surface area contributed by atoms with Crippen LogP contribution in [0.3, 0.4) is 0 Å². The van der Waals surface area contributed by atoms with E-state index in [-0.39, 0.29) is 11.9 Å². The SMILES string of the molecule is CC(C)(C)OC(=O)NCC1CCCN(Cc2ccc(F)cc2)C1. The minimum atomic E-state index is -0.467. The molecule has 23 heavy (non-hydrogen) atoms. The average Bonchev–Trinajstić information content (AvgIpc) is 2.46. The maximum absolute atomic E-state index is 13.0. The third kappa shape index (κ3) is 6.57. The molecule has 5 heteroatoms. The molecule has 0 radical (unpaired) electrons.